The molecule has 0 saturated carbocycles. The molecule has 1 saturated heterocycles. The fourth-order valence-electron chi connectivity index (χ4n) is 2.37. The SMILES string of the molecule is COCCNC(=O)C(C)N1CC(C)C(C(=O)OC)C1. The van der Waals surface area contributed by atoms with Gasteiger partial charge in [0.1, 0.15) is 0 Å². The zero-order valence-electron chi connectivity index (χ0n) is 12.1. The van der Waals surface area contributed by atoms with Gasteiger partial charge in [-0.25, -0.2) is 0 Å². The molecule has 1 amide bonds. The van der Waals surface area contributed by atoms with Crippen LogP contribution in [0.4, 0.5) is 0 Å². The lowest BCUT2D eigenvalue weighted by atomic mass is 9.99. The highest BCUT2D eigenvalue weighted by molar-refractivity contribution is 5.81. The molecule has 1 aliphatic rings. The number of methoxy groups -OCH3 is 2. The molecular formula is C13H24N2O4. The van der Waals surface area contributed by atoms with Crippen molar-refractivity contribution in [3.63, 3.8) is 0 Å². The van der Waals surface area contributed by atoms with Crippen LogP contribution in [0, 0.1) is 11.8 Å². The van der Waals surface area contributed by atoms with Gasteiger partial charge in [0.2, 0.25) is 5.91 Å². The quantitative estimate of drug-likeness (QED) is 0.539. The molecule has 6 nitrogen and oxygen atoms in total. The van der Waals surface area contributed by atoms with Gasteiger partial charge in [-0.3, -0.25) is 14.5 Å². The van der Waals surface area contributed by atoms with Crippen LogP contribution in [-0.4, -0.2) is 63.3 Å². The first-order valence-corrected chi connectivity index (χ1v) is 6.59. The molecular weight excluding hydrogens is 248 g/mol. The van der Waals surface area contributed by atoms with Crippen molar-refractivity contribution in [2.45, 2.75) is 19.9 Å². The van der Waals surface area contributed by atoms with Gasteiger partial charge < -0.3 is 14.8 Å². The number of nitrogens with zero attached hydrogens (tertiary/aromatic N) is 1. The molecule has 0 aromatic heterocycles. The average molecular weight is 272 g/mol. The first-order valence-electron chi connectivity index (χ1n) is 6.59. The number of carbonyl (C=O) groups excluding carboxylic acids is 2. The number of hydrogen-bond acceptors (Lipinski definition) is 5. The third kappa shape index (κ3) is 4.18. The van der Waals surface area contributed by atoms with Crippen molar-refractivity contribution in [1.82, 2.24) is 10.2 Å². The molecule has 3 unspecified atom stereocenters. The Morgan fingerprint density at radius 3 is 2.63 bits per heavy atom. The summed E-state index contributed by atoms with van der Waals surface area (Å²) in [4.78, 5) is 25.6. The highest BCUT2D eigenvalue weighted by Gasteiger charge is 2.38. The number of hydrogen-bond donors (Lipinski definition) is 1. The van der Waals surface area contributed by atoms with E-state index in [0.29, 0.717) is 19.7 Å². The maximum absolute atomic E-state index is 11.9. The third-order valence-electron chi connectivity index (χ3n) is 3.68. The molecule has 0 radical (unpaired) electrons. The Morgan fingerprint density at radius 2 is 2.05 bits per heavy atom. The van der Waals surface area contributed by atoms with Crippen LogP contribution >= 0.6 is 0 Å². The average Bonchev–Trinajstić information content (AvgIpc) is 2.79. The van der Waals surface area contributed by atoms with Gasteiger partial charge in [0.25, 0.3) is 0 Å². The maximum Gasteiger partial charge on any atom is 0.310 e. The molecule has 0 aromatic rings. The Balaban J connectivity index is 2.48. The zero-order valence-corrected chi connectivity index (χ0v) is 12.1. The summed E-state index contributed by atoms with van der Waals surface area (Å²) in [5.41, 5.74) is 0. The molecule has 0 aromatic carbocycles. The van der Waals surface area contributed by atoms with E-state index < -0.39 is 0 Å². The molecule has 1 N–H and O–H groups in total. The summed E-state index contributed by atoms with van der Waals surface area (Å²) < 4.78 is 9.68. The normalized spacial score (nSPS) is 25.1. The van der Waals surface area contributed by atoms with Crippen molar-refractivity contribution >= 4 is 11.9 Å². The van der Waals surface area contributed by atoms with E-state index in [1.807, 2.05) is 18.7 Å². The smallest absolute Gasteiger partial charge is 0.310 e. The predicted octanol–water partition coefficient (Wildman–Crippen LogP) is -0.122. The summed E-state index contributed by atoms with van der Waals surface area (Å²) >= 11 is 0. The summed E-state index contributed by atoms with van der Waals surface area (Å²) in [7, 11) is 3.00. The van der Waals surface area contributed by atoms with Gasteiger partial charge >= 0.3 is 5.97 Å². The lowest BCUT2D eigenvalue weighted by molar-refractivity contribution is -0.146. The summed E-state index contributed by atoms with van der Waals surface area (Å²) in [6, 6.07) is -0.242. The third-order valence-corrected chi connectivity index (χ3v) is 3.68. The second kappa shape index (κ2) is 7.45. The van der Waals surface area contributed by atoms with Gasteiger partial charge in [-0.1, -0.05) is 6.92 Å². The second-order valence-corrected chi connectivity index (χ2v) is 5.02. The Bertz CT molecular complexity index is 322. The summed E-state index contributed by atoms with van der Waals surface area (Å²) in [6.45, 7) is 6.18. The van der Waals surface area contributed by atoms with Crippen LogP contribution < -0.4 is 5.32 Å². The fourth-order valence-corrected chi connectivity index (χ4v) is 2.37. The van der Waals surface area contributed by atoms with Crippen molar-refractivity contribution in [3.05, 3.63) is 0 Å². The minimum absolute atomic E-state index is 0.0326. The molecule has 0 aliphatic carbocycles. The van der Waals surface area contributed by atoms with Crippen LogP contribution in [0.1, 0.15) is 13.8 Å². The van der Waals surface area contributed by atoms with Crippen LogP contribution in [0.2, 0.25) is 0 Å². The first kappa shape index (κ1) is 15.9. The van der Waals surface area contributed by atoms with Gasteiger partial charge in [-0.2, -0.15) is 0 Å². The van der Waals surface area contributed by atoms with Crippen LogP contribution in [-0.2, 0) is 19.1 Å². The molecule has 19 heavy (non-hydrogen) atoms. The number of ether oxygens (including phenoxy) is 2. The topological polar surface area (TPSA) is 67.9 Å². The minimum Gasteiger partial charge on any atom is -0.469 e. The Labute approximate surface area is 114 Å². The molecule has 0 bridgehead atoms. The zero-order chi connectivity index (χ0) is 14.4. The highest BCUT2D eigenvalue weighted by Crippen LogP contribution is 2.25. The van der Waals surface area contributed by atoms with Crippen molar-refractivity contribution in [1.29, 1.82) is 0 Å². The number of amides is 1. The van der Waals surface area contributed by atoms with Gasteiger partial charge in [-0.15, -0.1) is 0 Å². The standard InChI is InChI=1S/C13H24N2O4/c1-9-7-15(8-11(9)13(17)19-4)10(2)12(16)14-5-6-18-3/h9-11H,5-8H2,1-4H3,(H,14,16). The summed E-state index contributed by atoms with van der Waals surface area (Å²) in [5, 5.41) is 2.81. The van der Waals surface area contributed by atoms with E-state index in [4.69, 9.17) is 9.47 Å². The lowest BCUT2D eigenvalue weighted by Crippen LogP contribution is -2.45. The Hall–Kier alpha value is -1.14. The number of esters is 1. The van der Waals surface area contributed by atoms with Crippen LogP contribution in [0.15, 0.2) is 0 Å². The van der Waals surface area contributed by atoms with Gasteiger partial charge in [-0.05, 0) is 12.8 Å². The van der Waals surface area contributed by atoms with Crippen molar-refractivity contribution in [3.8, 4) is 0 Å². The predicted molar refractivity (Wildman–Crippen MR) is 70.6 cm³/mol. The van der Waals surface area contributed by atoms with E-state index in [1.165, 1.54) is 7.11 Å². The van der Waals surface area contributed by atoms with E-state index in [0.717, 1.165) is 6.54 Å². The van der Waals surface area contributed by atoms with Crippen molar-refractivity contribution in [2.24, 2.45) is 11.8 Å². The minimum atomic E-state index is -0.242. The second-order valence-electron chi connectivity index (χ2n) is 5.02. The maximum atomic E-state index is 11.9. The van der Waals surface area contributed by atoms with E-state index in [1.54, 1.807) is 7.11 Å². The van der Waals surface area contributed by atoms with Gasteiger partial charge in [0, 0.05) is 26.7 Å². The van der Waals surface area contributed by atoms with E-state index in [-0.39, 0.29) is 29.8 Å². The fraction of sp³-hybridized carbons (Fsp3) is 0.846. The largest absolute Gasteiger partial charge is 0.469 e. The van der Waals surface area contributed by atoms with Crippen LogP contribution in [0.3, 0.4) is 0 Å². The van der Waals surface area contributed by atoms with E-state index in [2.05, 4.69) is 5.32 Å². The summed E-state index contributed by atoms with van der Waals surface area (Å²) in [5.74, 6) is -0.155. The Kier molecular flexibility index (Phi) is 6.24. The monoisotopic (exact) mass is 272 g/mol. The Morgan fingerprint density at radius 1 is 1.37 bits per heavy atom. The van der Waals surface area contributed by atoms with Crippen LogP contribution in [0.5, 0.6) is 0 Å². The molecule has 1 rings (SSSR count). The molecule has 0 spiro atoms. The van der Waals surface area contributed by atoms with Crippen molar-refractivity contribution < 1.29 is 19.1 Å². The van der Waals surface area contributed by atoms with Gasteiger partial charge in [0.05, 0.1) is 25.7 Å². The van der Waals surface area contributed by atoms with Crippen molar-refractivity contribution in [2.75, 3.05) is 40.5 Å². The lowest BCUT2D eigenvalue weighted by Gasteiger charge is -2.23. The molecule has 1 aliphatic heterocycles. The number of nitrogens with one attached hydrogen (secondary N) is 1. The highest BCUT2D eigenvalue weighted by atomic mass is 16.5. The molecule has 3 atom stereocenters. The summed E-state index contributed by atoms with van der Waals surface area (Å²) in [6.07, 6.45) is 0. The number of rotatable bonds is 6. The molecule has 1 fully saturated rings. The number of likely N-dealkylation sites (tertiary alicyclic amines) is 1. The molecule has 1 heterocycles. The van der Waals surface area contributed by atoms with Gasteiger partial charge in [0.15, 0.2) is 0 Å². The van der Waals surface area contributed by atoms with E-state index >= 15 is 0 Å². The molecule has 110 valence electrons. The number of carbonyl (C=O) groups is 2. The first-order chi connectivity index (χ1) is 9.01. The van der Waals surface area contributed by atoms with Crippen LogP contribution in [0.25, 0.3) is 0 Å². The molecule has 6 heteroatoms. The van der Waals surface area contributed by atoms with E-state index in [9.17, 15) is 9.59 Å².